The van der Waals surface area contributed by atoms with Gasteiger partial charge in [0.25, 0.3) is 5.56 Å². The van der Waals surface area contributed by atoms with Gasteiger partial charge >= 0.3 is 5.69 Å². The average Bonchev–Trinajstić information content (AvgIpc) is 3.40. The molecular formula is C35H35F2N3O4S. The highest BCUT2D eigenvalue weighted by Crippen LogP contribution is 2.38. The molecule has 0 N–H and O–H groups in total. The molecule has 0 amide bonds. The van der Waals surface area contributed by atoms with Gasteiger partial charge in [0.05, 0.1) is 24.2 Å². The molecule has 5 aromatic rings. The molecule has 0 aliphatic rings. The Morgan fingerprint density at radius 2 is 1.62 bits per heavy atom. The molecule has 0 aliphatic carbocycles. The van der Waals surface area contributed by atoms with Crippen LogP contribution in [0, 0.1) is 11.6 Å². The van der Waals surface area contributed by atoms with Crippen molar-refractivity contribution in [3.05, 3.63) is 122 Å². The van der Waals surface area contributed by atoms with Crippen molar-refractivity contribution in [1.82, 2.24) is 14.0 Å². The van der Waals surface area contributed by atoms with Gasteiger partial charge in [0.1, 0.15) is 22.2 Å². The number of benzene rings is 3. The number of para-hydroxylation sites is 1. The van der Waals surface area contributed by atoms with E-state index in [0.29, 0.717) is 47.5 Å². The molecule has 0 radical (unpaired) electrons. The molecule has 1 atom stereocenters. The van der Waals surface area contributed by atoms with Crippen LogP contribution in [0.25, 0.3) is 26.3 Å². The van der Waals surface area contributed by atoms with Crippen LogP contribution in [0.15, 0.2) is 82.4 Å². The number of aromatic nitrogens is 2. The van der Waals surface area contributed by atoms with Crippen molar-refractivity contribution in [2.24, 2.45) is 0 Å². The van der Waals surface area contributed by atoms with Gasteiger partial charge in [-0.3, -0.25) is 19.1 Å². The molecule has 0 aliphatic heterocycles. The van der Waals surface area contributed by atoms with E-state index in [2.05, 4.69) is 4.90 Å². The van der Waals surface area contributed by atoms with E-state index in [1.165, 1.54) is 22.0 Å². The van der Waals surface area contributed by atoms with E-state index in [-0.39, 0.29) is 17.4 Å². The second-order valence-corrected chi connectivity index (χ2v) is 12.1. The topological polar surface area (TPSA) is 73.5 Å². The van der Waals surface area contributed by atoms with Crippen LogP contribution in [0.5, 0.6) is 0 Å². The third kappa shape index (κ3) is 6.58. The van der Waals surface area contributed by atoms with Crippen molar-refractivity contribution in [3.63, 3.8) is 0 Å². The highest BCUT2D eigenvalue weighted by molar-refractivity contribution is 7.22. The van der Waals surface area contributed by atoms with E-state index in [1.54, 1.807) is 37.4 Å². The summed E-state index contributed by atoms with van der Waals surface area (Å²) < 4.78 is 37.6. The molecule has 0 saturated carbocycles. The van der Waals surface area contributed by atoms with Gasteiger partial charge in [-0.2, -0.15) is 0 Å². The number of fused-ring (bicyclic) bond motifs is 1. The summed E-state index contributed by atoms with van der Waals surface area (Å²) in [7, 11) is 3.55. The number of likely N-dealkylation sites (N-methyl/N-ethyl adjacent to an activating group) is 1. The van der Waals surface area contributed by atoms with Crippen molar-refractivity contribution in [1.29, 1.82) is 0 Å². The Morgan fingerprint density at radius 3 is 2.24 bits per heavy atom. The van der Waals surface area contributed by atoms with Crippen LogP contribution in [-0.2, 0) is 29.0 Å². The van der Waals surface area contributed by atoms with Crippen LogP contribution in [0.3, 0.4) is 0 Å². The summed E-state index contributed by atoms with van der Waals surface area (Å²) in [5.41, 5.74) is 1.23. The van der Waals surface area contributed by atoms with E-state index in [9.17, 15) is 23.2 Å². The Hall–Kier alpha value is -4.25. The smallest absolute Gasteiger partial charge is 0.337 e. The van der Waals surface area contributed by atoms with Crippen LogP contribution < -0.4 is 11.2 Å². The Kier molecular flexibility index (Phi) is 9.86. The van der Waals surface area contributed by atoms with Crippen LogP contribution in [0.4, 0.5) is 8.78 Å². The van der Waals surface area contributed by atoms with Crippen molar-refractivity contribution < 1.29 is 18.3 Å². The Balaban J connectivity index is 1.82. The lowest BCUT2D eigenvalue weighted by Gasteiger charge is -2.24. The number of hydrogen-bond donors (Lipinski definition) is 0. The van der Waals surface area contributed by atoms with Crippen LogP contribution in [0.1, 0.15) is 37.0 Å². The fourth-order valence-electron chi connectivity index (χ4n) is 5.34. The number of halogens is 2. The predicted octanol–water partition coefficient (Wildman–Crippen LogP) is 6.20. The fraction of sp³-hybridized carbons (Fsp3) is 0.286. The molecule has 0 spiro atoms. The number of ether oxygens (including phenoxy) is 1. The molecule has 0 saturated heterocycles. The molecule has 2 heterocycles. The number of carbonyl (C=O) groups excluding carboxylic acids is 1. The molecule has 45 heavy (non-hydrogen) atoms. The maximum atomic E-state index is 14.9. The largest absolute Gasteiger partial charge is 0.383 e. The zero-order valence-electron chi connectivity index (χ0n) is 25.7. The Labute approximate surface area is 263 Å². The van der Waals surface area contributed by atoms with Gasteiger partial charge in [0.15, 0.2) is 0 Å². The third-order valence-corrected chi connectivity index (χ3v) is 9.35. The van der Waals surface area contributed by atoms with E-state index >= 15 is 0 Å². The fourth-order valence-corrected chi connectivity index (χ4v) is 6.64. The molecule has 1 unspecified atom stereocenters. The molecule has 7 nitrogen and oxygen atoms in total. The number of Topliss-reactive ketones (excluding diaryl/α,β-unsaturated/α-hetero) is 1. The number of methoxy groups -OCH3 is 1. The second kappa shape index (κ2) is 13.8. The average molecular weight is 632 g/mol. The Morgan fingerprint density at radius 1 is 0.956 bits per heavy atom. The summed E-state index contributed by atoms with van der Waals surface area (Å²) in [6.07, 6.45) is 0.769. The highest BCUT2D eigenvalue weighted by atomic mass is 32.1. The lowest BCUT2D eigenvalue weighted by Crippen LogP contribution is -2.39. The summed E-state index contributed by atoms with van der Waals surface area (Å²) in [6, 6.07) is 19.7. The summed E-state index contributed by atoms with van der Waals surface area (Å²) >= 11 is 1.24. The number of carbonyl (C=O) groups is 1. The molecule has 0 fully saturated rings. The first-order valence-electron chi connectivity index (χ1n) is 14.7. The lowest BCUT2D eigenvalue weighted by atomic mass is 10.0. The third-order valence-electron chi connectivity index (χ3n) is 8.04. The van der Waals surface area contributed by atoms with E-state index in [1.807, 2.05) is 45.2 Å². The van der Waals surface area contributed by atoms with E-state index in [0.717, 1.165) is 32.7 Å². The van der Waals surface area contributed by atoms with Gasteiger partial charge in [-0.25, -0.2) is 18.1 Å². The molecular weight excluding hydrogens is 596 g/mol. The van der Waals surface area contributed by atoms with Crippen molar-refractivity contribution >= 4 is 27.3 Å². The SMILES string of the molecule is CCC(=O)Cc1ccc(-c2sc3c(c2CN(C)C(C)COC)c(=O)n(-c2ccccc2)c(=O)n3Cc2c(F)cccc2F)cc1. The summed E-state index contributed by atoms with van der Waals surface area (Å²) in [6.45, 7) is 4.23. The standard InChI is InChI=1S/C35H35F2N3O4S/c1-5-26(41)18-23-14-16-24(17-15-23)32-28(19-38(3)22(2)21-44-4)31-33(42)40(25-10-7-6-8-11-25)35(43)39(34(31)45-32)20-27-29(36)12-9-13-30(27)37/h6-17,22H,5,18-21H2,1-4H3. The van der Waals surface area contributed by atoms with E-state index < -0.39 is 29.4 Å². The van der Waals surface area contributed by atoms with Crippen molar-refractivity contribution in [3.8, 4) is 16.1 Å². The summed E-state index contributed by atoms with van der Waals surface area (Å²) in [4.78, 5) is 43.7. The number of ketones is 1. The number of thiophene rings is 1. The molecule has 3 aromatic carbocycles. The van der Waals surface area contributed by atoms with Gasteiger partial charge < -0.3 is 4.74 Å². The predicted molar refractivity (Wildman–Crippen MR) is 174 cm³/mol. The molecule has 5 rings (SSSR count). The zero-order chi connectivity index (χ0) is 32.2. The van der Waals surface area contributed by atoms with Gasteiger partial charge in [-0.1, -0.05) is 55.5 Å². The second-order valence-electron chi connectivity index (χ2n) is 11.1. The quantitative estimate of drug-likeness (QED) is 0.164. The maximum Gasteiger partial charge on any atom is 0.337 e. The summed E-state index contributed by atoms with van der Waals surface area (Å²) in [5.74, 6) is -1.44. The Bertz CT molecular complexity index is 1930. The zero-order valence-corrected chi connectivity index (χ0v) is 26.5. The van der Waals surface area contributed by atoms with Gasteiger partial charge in [0, 0.05) is 43.0 Å². The highest BCUT2D eigenvalue weighted by Gasteiger charge is 2.26. The van der Waals surface area contributed by atoms with Crippen LogP contribution in [0.2, 0.25) is 0 Å². The monoisotopic (exact) mass is 631 g/mol. The normalized spacial score (nSPS) is 12.2. The lowest BCUT2D eigenvalue weighted by molar-refractivity contribution is -0.118. The van der Waals surface area contributed by atoms with Gasteiger partial charge in [0.2, 0.25) is 0 Å². The molecule has 0 bridgehead atoms. The molecule has 2 aromatic heterocycles. The minimum Gasteiger partial charge on any atom is -0.383 e. The first-order chi connectivity index (χ1) is 21.6. The van der Waals surface area contributed by atoms with Crippen LogP contribution >= 0.6 is 11.3 Å². The van der Waals surface area contributed by atoms with Crippen LogP contribution in [-0.4, -0.2) is 46.6 Å². The first kappa shape index (κ1) is 32.2. The number of nitrogens with zero attached hydrogens (tertiary/aromatic N) is 3. The van der Waals surface area contributed by atoms with Gasteiger partial charge in [-0.05, 0) is 54.9 Å². The minimum atomic E-state index is -0.783. The van der Waals surface area contributed by atoms with Crippen molar-refractivity contribution in [2.75, 3.05) is 20.8 Å². The minimum absolute atomic E-state index is 0.00463. The molecule has 234 valence electrons. The summed E-state index contributed by atoms with van der Waals surface area (Å²) in [5, 5.41) is 0.303. The maximum absolute atomic E-state index is 14.9. The van der Waals surface area contributed by atoms with E-state index in [4.69, 9.17) is 4.74 Å². The molecule has 10 heteroatoms. The van der Waals surface area contributed by atoms with Gasteiger partial charge in [-0.15, -0.1) is 11.3 Å². The first-order valence-corrected chi connectivity index (χ1v) is 15.6. The van der Waals surface area contributed by atoms with Crippen molar-refractivity contribution in [2.45, 2.75) is 45.8 Å². The number of hydrogen-bond acceptors (Lipinski definition) is 6. The number of rotatable bonds is 12.